The van der Waals surface area contributed by atoms with Gasteiger partial charge in [0.2, 0.25) is 5.95 Å². The molecule has 0 bridgehead atoms. The number of imidazole rings is 1. The average Bonchev–Trinajstić information content (AvgIpc) is 3.01. The number of nitrogens with zero attached hydrogens (tertiary/aromatic N) is 4. The number of aryl methyl sites for hydroxylation is 2. The number of benzene rings is 1. The lowest BCUT2D eigenvalue weighted by Gasteiger charge is -2.04. The van der Waals surface area contributed by atoms with Gasteiger partial charge in [0, 0.05) is 13.6 Å². The molecule has 1 aromatic carbocycles. The average molecular weight is 356 g/mol. The first-order valence-electron chi connectivity index (χ1n) is 8.26. The Morgan fingerprint density at radius 3 is 2.65 bits per heavy atom. The highest BCUT2D eigenvalue weighted by Crippen LogP contribution is 2.15. The lowest BCUT2D eigenvalue weighted by atomic mass is 10.2. The summed E-state index contributed by atoms with van der Waals surface area (Å²) in [5.74, 6) is 1.18. The summed E-state index contributed by atoms with van der Waals surface area (Å²) in [6, 6.07) is 7.49. The largest absolute Gasteiger partial charge is 0.494 e. The summed E-state index contributed by atoms with van der Waals surface area (Å²) in [6.45, 7) is 4.93. The molecule has 0 spiro atoms. The molecule has 3 rings (SSSR count). The van der Waals surface area contributed by atoms with Crippen LogP contribution in [0.3, 0.4) is 0 Å². The smallest absolute Gasteiger partial charge is 0.329 e. The standard InChI is InChI=1S/C17H20N6O3/c1-4-23-13-14(22(3)17(25)20-15(13)24)19-16(23)21-18-10-11-6-8-12(9-7-11)26-5-2/h6-10H,4-5H2,1-3H3,(H,19,21)(H,20,24,25). The molecule has 0 radical (unpaired) electrons. The molecule has 0 saturated carbocycles. The fraction of sp³-hybridized carbons (Fsp3) is 0.294. The molecule has 0 aliphatic carbocycles. The monoisotopic (exact) mass is 356 g/mol. The molecule has 2 heterocycles. The maximum Gasteiger partial charge on any atom is 0.329 e. The van der Waals surface area contributed by atoms with Gasteiger partial charge in [0.1, 0.15) is 5.75 Å². The minimum absolute atomic E-state index is 0.305. The molecule has 3 aromatic rings. The van der Waals surface area contributed by atoms with Crippen LogP contribution in [0, 0.1) is 0 Å². The van der Waals surface area contributed by atoms with E-state index < -0.39 is 11.2 Å². The van der Waals surface area contributed by atoms with E-state index in [1.165, 1.54) is 4.57 Å². The molecule has 0 fully saturated rings. The van der Waals surface area contributed by atoms with E-state index in [1.54, 1.807) is 17.8 Å². The number of rotatable bonds is 6. The highest BCUT2D eigenvalue weighted by Gasteiger charge is 2.15. The summed E-state index contributed by atoms with van der Waals surface area (Å²) in [5.41, 5.74) is 3.37. The highest BCUT2D eigenvalue weighted by molar-refractivity contribution is 5.80. The summed E-state index contributed by atoms with van der Waals surface area (Å²) >= 11 is 0. The van der Waals surface area contributed by atoms with Crippen molar-refractivity contribution in [2.45, 2.75) is 20.4 Å². The molecule has 0 saturated heterocycles. The number of hydrogen-bond donors (Lipinski definition) is 2. The van der Waals surface area contributed by atoms with Crippen molar-refractivity contribution in [2.24, 2.45) is 12.1 Å². The molecule has 0 amide bonds. The van der Waals surface area contributed by atoms with Crippen molar-refractivity contribution < 1.29 is 4.74 Å². The van der Waals surface area contributed by atoms with E-state index in [-0.39, 0.29) is 0 Å². The number of ether oxygens (including phenoxy) is 1. The molecule has 2 aromatic heterocycles. The molecular formula is C17H20N6O3. The van der Waals surface area contributed by atoms with Crippen LogP contribution in [0.1, 0.15) is 19.4 Å². The summed E-state index contributed by atoms with van der Waals surface area (Å²) in [6.07, 6.45) is 1.64. The van der Waals surface area contributed by atoms with Gasteiger partial charge in [-0.3, -0.25) is 14.3 Å². The van der Waals surface area contributed by atoms with Crippen LogP contribution in [0.5, 0.6) is 5.75 Å². The van der Waals surface area contributed by atoms with Gasteiger partial charge in [0.25, 0.3) is 5.56 Å². The number of anilines is 1. The van der Waals surface area contributed by atoms with Crippen LogP contribution in [0.25, 0.3) is 11.2 Å². The lowest BCUT2D eigenvalue weighted by molar-refractivity contribution is 0.340. The number of H-pyrrole nitrogens is 1. The first-order chi connectivity index (χ1) is 12.5. The fourth-order valence-electron chi connectivity index (χ4n) is 2.61. The number of hydrazone groups is 1. The zero-order valence-corrected chi connectivity index (χ0v) is 14.8. The van der Waals surface area contributed by atoms with Gasteiger partial charge in [-0.05, 0) is 43.7 Å². The summed E-state index contributed by atoms with van der Waals surface area (Å²) < 4.78 is 8.36. The molecule has 0 aliphatic heterocycles. The van der Waals surface area contributed by atoms with Crippen molar-refractivity contribution in [1.82, 2.24) is 19.1 Å². The van der Waals surface area contributed by atoms with Crippen LogP contribution in [-0.2, 0) is 13.6 Å². The number of fused-ring (bicyclic) bond motifs is 1. The molecule has 2 N–H and O–H groups in total. The second kappa shape index (κ2) is 7.26. The van der Waals surface area contributed by atoms with Crippen LogP contribution in [0.4, 0.5) is 5.95 Å². The fourth-order valence-corrected chi connectivity index (χ4v) is 2.61. The Balaban J connectivity index is 1.89. The van der Waals surface area contributed by atoms with E-state index >= 15 is 0 Å². The number of aromatic nitrogens is 4. The Morgan fingerprint density at radius 2 is 2.00 bits per heavy atom. The van der Waals surface area contributed by atoms with Gasteiger partial charge in [0.05, 0.1) is 12.8 Å². The molecular weight excluding hydrogens is 336 g/mol. The van der Waals surface area contributed by atoms with Gasteiger partial charge in [0.15, 0.2) is 11.2 Å². The van der Waals surface area contributed by atoms with Crippen molar-refractivity contribution >= 4 is 23.3 Å². The lowest BCUT2D eigenvalue weighted by Crippen LogP contribution is -2.29. The van der Waals surface area contributed by atoms with Crippen molar-refractivity contribution in [3.63, 3.8) is 0 Å². The van der Waals surface area contributed by atoms with Gasteiger partial charge < -0.3 is 9.30 Å². The van der Waals surface area contributed by atoms with Crippen molar-refractivity contribution in [1.29, 1.82) is 0 Å². The molecule has 9 heteroatoms. The SMILES string of the molecule is CCOc1ccc(C=NNc2nc3c(c(=O)[nH]c(=O)n3C)n2CC)cc1. The van der Waals surface area contributed by atoms with Crippen molar-refractivity contribution in [3.8, 4) is 5.75 Å². The molecule has 136 valence electrons. The second-order valence-corrected chi connectivity index (χ2v) is 5.54. The van der Waals surface area contributed by atoms with E-state index in [0.29, 0.717) is 30.3 Å². The van der Waals surface area contributed by atoms with Gasteiger partial charge in [-0.25, -0.2) is 10.2 Å². The predicted molar refractivity (Wildman–Crippen MR) is 100 cm³/mol. The Morgan fingerprint density at radius 1 is 1.27 bits per heavy atom. The normalized spacial score (nSPS) is 11.3. The maximum absolute atomic E-state index is 12.1. The number of hydrogen-bond acceptors (Lipinski definition) is 6. The van der Waals surface area contributed by atoms with Crippen molar-refractivity contribution in [3.05, 3.63) is 50.7 Å². The Bertz CT molecular complexity index is 1060. The predicted octanol–water partition coefficient (Wildman–Crippen LogP) is 1.29. The Kier molecular flexibility index (Phi) is 4.87. The maximum atomic E-state index is 12.1. The third-order valence-corrected chi connectivity index (χ3v) is 3.89. The number of aromatic amines is 1. The van der Waals surface area contributed by atoms with Gasteiger partial charge in [-0.2, -0.15) is 10.1 Å². The van der Waals surface area contributed by atoms with Gasteiger partial charge in [-0.1, -0.05) is 0 Å². The minimum atomic E-state index is -0.507. The van der Waals surface area contributed by atoms with E-state index in [1.807, 2.05) is 38.1 Å². The third kappa shape index (κ3) is 3.23. The minimum Gasteiger partial charge on any atom is -0.494 e. The first kappa shape index (κ1) is 17.5. The zero-order chi connectivity index (χ0) is 18.7. The van der Waals surface area contributed by atoms with Gasteiger partial charge >= 0.3 is 5.69 Å². The number of nitrogens with one attached hydrogen (secondary N) is 2. The topological polar surface area (TPSA) is 106 Å². The molecule has 0 aliphatic rings. The van der Waals surface area contributed by atoms with Crippen LogP contribution < -0.4 is 21.4 Å². The molecule has 26 heavy (non-hydrogen) atoms. The second-order valence-electron chi connectivity index (χ2n) is 5.54. The molecule has 0 unspecified atom stereocenters. The highest BCUT2D eigenvalue weighted by atomic mass is 16.5. The van der Waals surface area contributed by atoms with Gasteiger partial charge in [-0.15, -0.1) is 0 Å². The zero-order valence-electron chi connectivity index (χ0n) is 14.8. The first-order valence-corrected chi connectivity index (χ1v) is 8.26. The van der Waals surface area contributed by atoms with E-state index in [9.17, 15) is 9.59 Å². The summed E-state index contributed by atoms with van der Waals surface area (Å²) in [4.78, 5) is 30.5. The third-order valence-electron chi connectivity index (χ3n) is 3.89. The quantitative estimate of drug-likeness (QED) is 0.511. The van der Waals surface area contributed by atoms with Crippen LogP contribution in [0.2, 0.25) is 0 Å². The summed E-state index contributed by atoms with van der Waals surface area (Å²) in [5, 5.41) is 4.17. The van der Waals surface area contributed by atoms with E-state index in [0.717, 1.165) is 11.3 Å². The van der Waals surface area contributed by atoms with E-state index in [2.05, 4.69) is 20.5 Å². The Hall–Kier alpha value is -3.36. The molecule has 0 atom stereocenters. The van der Waals surface area contributed by atoms with Crippen LogP contribution >= 0.6 is 0 Å². The van der Waals surface area contributed by atoms with Crippen LogP contribution in [-0.4, -0.2) is 31.9 Å². The summed E-state index contributed by atoms with van der Waals surface area (Å²) in [7, 11) is 1.56. The van der Waals surface area contributed by atoms with Crippen LogP contribution in [0.15, 0.2) is 39.0 Å². The molecule has 9 nitrogen and oxygen atoms in total. The van der Waals surface area contributed by atoms with Crippen molar-refractivity contribution in [2.75, 3.05) is 12.0 Å². The Labute approximate surface area is 148 Å². The van der Waals surface area contributed by atoms with E-state index in [4.69, 9.17) is 4.74 Å².